The Bertz CT molecular complexity index is 941. The van der Waals surface area contributed by atoms with Crippen LogP contribution in [0.5, 0.6) is 5.75 Å². The molecule has 0 aliphatic carbocycles. The Morgan fingerprint density at radius 2 is 2.15 bits per heavy atom. The van der Waals surface area contributed by atoms with Crippen LogP contribution in [0.1, 0.15) is 64.6 Å². The van der Waals surface area contributed by atoms with Gasteiger partial charge in [0, 0.05) is 31.2 Å². The van der Waals surface area contributed by atoms with E-state index in [1.54, 1.807) is 4.57 Å². The fourth-order valence-corrected chi connectivity index (χ4v) is 4.07. The molecule has 3 heterocycles. The zero-order chi connectivity index (χ0) is 19.8. The monoisotopic (exact) mass is 370 g/mol. The first-order valence-electron chi connectivity index (χ1n) is 9.84. The summed E-state index contributed by atoms with van der Waals surface area (Å²) >= 11 is 0. The maximum Gasteiger partial charge on any atom is 0.259 e. The molecule has 0 spiro atoms. The van der Waals surface area contributed by atoms with Gasteiger partial charge in [0.05, 0.1) is 10.9 Å². The van der Waals surface area contributed by atoms with Gasteiger partial charge >= 0.3 is 0 Å². The highest BCUT2D eigenvalue weighted by Crippen LogP contribution is 2.44. The van der Waals surface area contributed by atoms with Crippen LogP contribution >= 0.6 is 0 Å². The van der Waals surface area contributed by atoms with Crippen LogP contribution < -0.4 is 10.3 Å². The molecule has 146 valence electrons. The van der Waals surface area contributed by atoms with E-state index in [-0.39, 0.29) is 18.1 Å². The van der Waals surface area contributed by atoms with Crippen LogP contribution in [0.3, 0.4) is 0 Å². The van der Waals surface area contributed by atoms with Crippen LogP contribution in [0.4, 0.5) is 0 Å². The van der Waals surface area contributed by atoms with Gasteiger partial charge in [-0.15, -0.1) is 0 Å². The molecule has 0 radical (unpaired) electrons. The third-order valence-electron chi connectivity index (χ3n) is 5.38. The second kappa shape index (κ2) is 7.47. The zero-order valence-electron chi connectivity index (χ0n) is 17.0. The fraction of sp³-hybridized carbons (Fsp3) is 0.545. The molecule has 0 saturated carbocycles. The summed E-state index contributed by atoms with van der Waals surface area (Å²) in [5.41, 5.74) is 2.99. The lowest BCUT2D eigenvalue weighted by Gasteiger charge is -2.39. The van der Waals surface area contributed by atoms with Crippen LogP contribution in [0.25, 0.3) is 11.0 Å². The van der Waals surface area contributed by atoms with Gasteiger partial charge in [-0.3, -0.25) is 9.36 Å². The molecule has 1 N–H and O–H groups in total. The van der Waals surface area contributed by atoms with E-state index in [4.69, 9.17) is 9.72 Å². The molecule has 5 nitrogen and oxygen atoms in total. The molecule has 2 aromatic rings. The zero-order valence-corrected chi connectivity index (χ0v) is 17.0. The SMILES string of the molecule is CCc1ccc2c3c(c(=O)n(CC)c2n1)[C@H](C=C(C)C)C[C@](C)(CCO)O3. The molecule has 0 unspecified atom stereocenters. The van der Waals surface area contributed by atoms with Crippen LogP contribution in [0, 0.1) is 0 Å². The molecular weight excluding hydrogens is 340 g/mol. The van der Waals surface area contributed by atoms with E-state index in [9.17, 15) is 9.90 Å². The van der Waals surface area contributed by atoms with Gasteiger partial charge in [0.1, 0.15) is 17.0 Å². The third kappa shape index (κ3) is 3.53. The van der Waals surface area contributed by atoms with E-state index in [0.29, 0.717) is 36.3 Å². The molecule has 2 atom stereocenters. The van der Waals surface area contributed by atoms with Crippen molar-refractivity contribution in [3.8, 4) is 5.75 Å². The van der Waals surface area contributed by atoms with Gasteiger partial charge in [-0.25, -0.2) is 4.98 Å². The second-order valence-electron chi connectivity index (χ2n) is 7.90. The van der Waals surface area contributed by atoms with E-state index in [1.807, 2.05) is 39.8 Å². The number of hydrogen-bond donors (Lipinski definition) is 1. The molecule has 0 fully saturated rings. The van der Waals surface area contributed by atoms with Crippen LogP contribution in [0.15, 0.2) is 28.6 Å². The second-order valence-corrected chi connectivity index (χ2v) is 7.90. The first-order valence-corrected chi connectivity index (χ1v) is 9.84. The van der Waals surface area contributed by atoms with E-state index >= 15 is 0 Å². The molecular formula is C22H30N2O3. The van der Waals surface area contributed by atoms with Gasteiger partial charge in [-0.2, -0.15) is 0 Å². The number of pyridine rings is 2. The molecule has 0 saturated heterocycles. The Morgan fingerprint density at radius 3 is 2.74 bits per heavy atom. The molecule has 1 aliphatic rings. The number of ether oxygens (including phenoxy) is 1. The molecule has 2 aromatic heterocycles. The lowest BCUT2D eigenvalue weighted by Crippen LogP contribution is -2.42. The van der Waals surface area contributed by atoms with Crippen LogP contribution in [-0.2, 0) is 13.0 Å². The molecule has 27 heavy (non-hydrogen) atoms. The Labute approximate surface area is 160 Å². The van der Waals surface area contributed by atoms with Gasteiger partial charge < -0.3 is 9.84 Å². The van der Waals surface area contributed by atoms with Crippen LogP contribution in [0.2, 0.25) is 0 Å². The van der Waals surface area contributed by atoms with Crippen molar-refractivity contribution < 1.29 is 9.84 Å². The predicted molar refractivity (Wildman–Crippen MR) is 109 cm³/mol. The molecule has 3 rings (SSSR count). The number of allylic oxidation sites excluding steroid dienone is 2. The minimum Gasteiger partial charge on any atom is -0.486 e. The normalized spacial score (nSPS) is 21.6. The molecule has 0 bridgehead atoms. The van der Waals surface area contributed by atoms with Gasteiger partial charge in [-0.1, -0.05) is 18.6 Å². The third-order valence-corrected chi connectivity index (χ3v) is 5.38. The average molecular weight is 370 g/mol. The number of rotatable bonds is 5. The molecule has 1 aliphatic heterocycles. The molecule has 5 heteroatoms. The van der Waals surface area contributed by atoms with Crippen molar-refractivity contribution in [2.45, 2.75) is 71.9 Å². The van der Waals surface area contributed by atoms with Crippen molar-refractivity contribution in [1.29, 1.82) is 0 Å². The summed E-state index contributed by atoms with van der Waals surface area (Å²) in [6, 6.07) is 4.03. The average Bonchev–Trinajstić information content (AvgIpc) is 2.60. The van der Waals surface area contributed by atoms with Crippen molar-refractivity contribution in [1.82, 2.24) is 9.55 Å². The fourth-order valence-electron chi connectivity index (χ4n) is 4.07. The van der Waals surface area contributed by atoms with Gasteiger partial charge in [0.15, 0.2) is 0 Å². The smallest absolute Gasteiger partial charge is 0.259 e. The van der Waals surface area contributed by atoms with Crippen LogP contribution in [-0.4, -0.2) is 26.9 Å². The number of hydrogen-bond acceptors (Lipinski definition) is 4. The van der Waals surface area contributed by atoms with Gasteiger partial charge in [0.25, 0.3) is 5.56 Å². The highest BCUT2D eigenvalue weighted by molar-refractivity contribution is 5.84. The summed E-state index contributed by atoms with van der Waals surface area (Å²) in [4.78, 5) is 18.1. The van der Waals surface area contributed by atoms with Crippen molar-refractivity contribution in [2.75, 3.05) is 6.61 Å². The Morgan fingerprint density at radius 1 is 1.41 bits per heavy atom. The Balaban J connectivity index is 2.37. The Kier molecular flexibility index (Phi) is 5.43. The predicted octanol–water partition coefficient (Wildman–Crippen LogP) is 3.95. The lowest BCUT2D eigenvalue weighted by molar-refractivity contribution is 0.0349. The van der Waals surface area contributed by atoms with E-state index in [1.165, 1.54) is 5.57 Å². The highest BCUT2D eigenvalue weighted by Gasteiger charge is 2.39. The number of fused-ring (bicyclic) bond motifs is 3. The van der Waals surface area contributed by atoms with E-state index in [2.05, 4.69) is 13.0 Å². The maximum absolute atomic E-state index is 13.4. The first kappa shape index (κ1) is 19.6. The van der Waals surface area contributed by atoms with Crippen molar-refractivity contribution >= 4 is 11.0 Å². The van der Waals surface area contributed by atoms with Crippen molar-refractivity contribution in [3.63, 3.8) is 0 Å². The minimum atomic E-state index is -0.514. The minimum absolute atomic E-state index is 0.0192. The number of nitrogens with zero attached hydrogens (tertiary/aromatic N) is 2. The quantitative estimate of drug-likeness (QED) is 0.810. The summed E-state index contributed by atoms with van der Waals surface area (Å²) in [5.74, 6) is 0.607. The maximum atomic E-state index is 13.4. The summed E-state index contributed by atoms with van der Waals surface area (Å²) in [5, 5.41) is 10.4. The summed E-state index contributed by atoms with van der Waals surface area (Å²) < 4.78 is 8.16. The Hall–Kier alpha value is -2.14. The molecule has 0 aromatic carbocycles. The van der Waals surface area contributed by atoms with Crippen molar-refractivity contribution in [3.05, 3.63) is 45.4 Å². The number of aromatic nitrogens is 2. The topological polar surface area (TPSA) is 64.4 Å². The highest BCUT2D eigenvalue weighted by atomic mass is 16.5. The summed E-state index contributed by atoms with van der Waals surface area (Å²) in [7, 11) is 0. The number of aliphatic hydroxyl groups is 1. The van der Waals surface area contributed by atoms with E-state index < -0.39 is 5.60 Å². The summed E-state index contributed by atoms with van der Waals surface area (Å²) in [6.07, 6.45) is 4.17. The van der Waals surface area contributed by atoms with Crippen molar-refractivity contribution in [2.24, 2.45) is 0 Å². The standard InChI is InChI=1S/C22H30N2O3/c1-6-16-8-9-17-19-18(21(26)24(7-2)20(17)23-16)15(12-14(3)4)13-22(5,27-19)10-11-25/h8-9,12,15,25H,6-7,10-11,13H2,1-5H3/t15-,22+/m1/s1. The first-order chi connectivity index (χ1) is 12.8. The van der Waals surface area contributed by atoms with Gasteiger partial charge in [0.2, 0.25) is 0 Å². The number of aliphatic hydroxyl groups excluding tert-OH is 1. The lowest BCUT2D eigenvalue weighted by atomic mass is 9.81. The summed E-state index contributed by atoms with van der Waals surface area (Å²) in [6.45, 7) is 10.8. The molecule has 0 amide bonds. The number of aryl methyl sites for hydroxylation is 2. The van der Waals surface area contributed by atoms with E-state index in [0.717, 1.165) is 17.5 Å². The van der Waals surface area contributed by atoms with Gasteiger partial charge in [-0.05, 0) is 52.7 Å². The largest absolute Gasteiger partial charge is 0.486 e.